The molecule has 1 heterocycles. The maximum atomic E-state index is 12.4. The molecule has 0 unspecified atom stereocenters. The molecule has 0 radical (unpaired) electrons. The summed E-state index contributed by atoms with van der Waals surface area (Å²) in [4.78, 5) is 10.8. The summed E-state index contributed by atoms with van der Waals surface area (Å²) in [7, 11) is 0. The molecule has 0 fully saturated rings. The number of hydrogen-bond acceptors (Lipinski definition) is 3. The summed E-state index contributed by atoms with van der Waals surface area (Å²) in [6.45, 7) is 1.51. The summed E-state index contributed by atoms with van der Waals surface area (Å²) >= 11 is 0. The van der Waals surface area contributed by atoms with Crippen molar-refractivity contribution in [2.45, 2.75) is 19.7 Å². The van der Waals surface area contributed by atoms with Crippen molar-refractivity contribution in [1.82, 2.24) is 0 Å². The van der Waals surface area contributed by atoms with E-state index in [0.29, 0.717) is 5.56 Å². The Morgan fingerprint density at radius 3 is 2.38 bits per heavy atom. The molecule has 0 atom stereocenters. The van der Waals surface area contributed by atoms with Crippen molar-refractivity contribution < 1.29 is 32.2 Å². The number of furan rings is 1. The Kier molecular flexibility index (Phi) is 3.93. The minimum atomic E-state index is -4.40. The van der Waals surface area contributed by atoms with Gasteiger partial charge in [-0.15, -0.1) is 0 Å². The molecule has 0 spiro atoms. The van der Waals surface area contributed by atoms with Gasteiger partial charge in [0.2, 0.25) is 5.76 Å². The van der Waals surface area contributed by atoms with Crippen LogP contribution in [0.25, 0.3) is 0 Å². The Balaban J connectivity index is 2.03. The van der Waals surface area contributed by atoms with Gasteiger partial charge in [0.1, 0.15) is 18.1 Å². The number of hydrogen-bond donors (Lipinski definition) is 1. The maximum absolute atomic E-state index is 12.4. The van der Waals surface area contributed by atoms with Crippen LogP contribution >= 0.6 is 0 Å². The highest BCUT2D eigenvalue weighted by atomic mass is 19.4. The molecule has 4 nitrogen and oxygen atoms in total. The molecule has 0 aliphatic heterocycles. The van der Waals surface area contributed by atoms with Crippen molar-refractivity contribution >= 4 is 5.97 Å². The third-order valence-corrected chi connectivity index (χ3v) is 2.73. The molecule has 1 N–H and O–H groups in total. The number of carboxylic acid groups (broad SMARTS) is 1. The number of aryl methyl sites for hydroxylation is 1. The fourth-order valence-electron chi connectivity index (χ4n) is 1.73. The highest BCUT2D eigenvalue weighted by molar-refractivity contribution is 5.86. The Morgan fingerprint density at radius 2 is 1.90 bits per heavy atom. The van der Waals surface area contributed by atoms with Gasteiger partial charge in [0.05, 0.1) is 5.56 Å². The average Bonchev–Trinajstić information content (AvgIpc) is 2.77. The number of carboxylic acids is 1. The van der Waals surface area contributed by atoms with Gasteiger partial charge < -0.3 is 14.3 Å². The first-order chi connectivity index (χ1) is 9.77. The van der Waals surface area contributed by atoms with Gasteiger partial charge in [0, 0.05) is 5.56 Å². The van der Waals surface area contributed by atoms with E-state index < -0.39 is 17.7 Å². The van der Waals surface area contributed by atoms with E-state index in [1.165, 1.54) is 18.2 Å². The van der Waals surface area contributed by atoms with Gasteiger partial charge in [-0.25, -0.2) is 4.79 Å². The largest absolute Gasteiger partial charge is 0.486 e. The van der Waals surface area contributed by atoms with E-state index in [9.17, 15) is 18.0 Å². The SMILES string of the molecule is Cc1cc(COc2ccc(C(F)(F)F)cc2)oc1C(=O)O. The van der Waals surface area contributed by atoms with Crippen molar-refractivity contribution in [2.75, 3.05) is 0 Å². The van der Waals surface area contributed by atoms with Crippen molar-refractivity contribution in [3.8, 4) is 5.75 Å². The van der Waals surface area contributed by atoms with Gasteiger partial charge in [-0.3, -0.25) is 0 Å². The molecule has 7 heteroatoms. The second kappa shape index (κ2) is 5.51. The third kappa shape index (κ3) is 3.56. The first-order valence-electron chi connectivity index (χ1n) is 5.90. The normalized spacial score (nSPS) is 11.4. The Labute approximate surface area is 117 Å². The molecule has 1 aromatic carbocycles. The predicted octanol–water partition coefficient (Wildman–Crippen LogP) is 3.88. The second-order valence-corrected chi connectivity index (χ2v) is 4.34. The molecule has 21 heavy (non-hydrogen) atoms. The molecule has 0 amide bonds. The van der Waals surface area contributed by atoms with Crippen LogP contribution in [0.4, 0.5) is 13.2 Å². The van der Waals surface area contributed by atoms with E-state index in [2.05, 4.69) is 0 Å². The number of aromatic carboxylic acids is 1. The quantitative estimate of drug-likeness (QED) is 0.930. The highest BCUT2D eigenvalue weighted by Crippen LogP contribution is 2.30. The molecular weight excluding hydrogens is 289 g/mol. The van der Waals surface area contributed by atoms with Crippen LogP contribution in [0.5, 0.6) is 5.75 Å². The summed E-state index contributed by atoms with van der Waals surface area (Å²) in [5.74, 6) is -0.854. The molecule has 0 bridgehead atoms. The zero-order chi connectivity index (χ0) is 15.6. The van der Waals surface area contributed by atoms with E-state index >= 15 is 0 Å². The van der Waals surface area contributed by atoms with Gasteiger partial charge in [-0.05, 0) is 37.3 Å². The highest BCUT2D eigenvalue weighted by Gasteiger charge is 2.30. The zero-order valence-electron chi connectivity index (χ0n) is 10.9. The van der Waals surface area contributed by atoms with Crippen LogP contribution in [0, 0.1) is 6.92 Å². The van der Waals surface area contributed by atoms with Crippen LogP contribution in [-0.4, -0.2) is 11.1 Å². The fourth-order valence-corrected chi connectivity index (χ4v) is 1.73. The third-order valence-electron chi connectivity index (χ3n) is 2.73. The topological polar surface area (TPSA) is 59.7 Å². The van der Waals surface area contributed by atoms with E-state index in [1.54, 1.807) is 6.92 Å². The van der Waals surface area contributed by atoms with Gasteiger partial charge >= 0.3 is 12.1 Å². The molecule has 0 saturated heterocycles. The molecule has 2 rings (SSSR count). The van der Waals surface area contributed by atoms with E-state index in [0.717, 1.165) is 12.1 Å². The number of carbonyl (C=O) groups is 1. The lowest BCUT2D eigenvalue weighted by atomic mass is 10.2. The standard InChI is InChI=1S/C14H11F3O4/c1-8-6-11(21-12(8)13(18)19)7-20-10-4-2-9(3-5-10)14(15,16)17/h2-6H,7H2,1H3,(H,18,19). The molecule has 0 saturated carbocycles. The molecule has 112 valence electrons. The van der Waals surface area contributed by atoms with Crippen molar-refractivity contribution in [1.29, 1.82) is 0 Å². The van der Waals surface area contributed by atoms with Gasteiger partial charge in [0.25, 0.3) is 0 Å². The van der Waals surface area contributed by atoms with Gasteiger partial charge in [-0.2, -0.15) is 13.2 Å². The van der Waals surface area contributed by atoms with E-state index in [-0.39, 0.29) is 23.9 Å². The number of alkyl halides is 3. The summed E-state index contributed by atoms with van der Waals surface area (Å²) < 4.78 is 47.5. The van der Waals surface area contributed by atoms with Gasteiger partial charge in [-0.1, -0.05) is 0 Å². The van der Waals surface area contributed by atoms with Crippen LogP contribution in [-0.2, 0) is 12.8 Å². The first-order valence-corrected chi connectivity index (χ1v) is 5.90. The fraction of sp³-hybridized carbons (Fsp3) is 0.214. The lowest BCUT2D eigenvalue weighted by molar-refractivity contribution is -0.137. The summed E-state index contributed by atoms with van der Waals surface area (Å²) in [6, 6.07) is 5.71. The van der Waals surface area contributed by atoms with Gasteiger partial charge in [0.15, 0.2) is 0 Å². The number of halogens is 3. The summed E-state index contributed by atoms with van der Waals surface area (Å²) in [5, 5.41) is 8.83. The minimum Gasteiger partial charge on any atom is -0.486 e. The Bertz CT molecular complexity index is 641. The van der Waals surface area contributed by atoms with Crippen molar-refractivity contribution in [2.24, 2.45) is 0 Å². The molecule has 1 aromatic heterocycles. The summed E-state index contributed by atoms with van der Waals surface area (Å²) in [5.41, 5.74) is -0.314. The lowest BCUT2D eigenvalue weighted by Crippen LogP contribution is -2.04. The lowest BCUT2D eigenvalue weighted by Gasteiger charge is -2.08. The smallest absolute Gasteiger partial charge is 0.416 e. The monoisotopic (exact) mass is 300 g/mol. The summed E-state index contributed by atoms with van der Waals surface area (Å²) in [6.07, 6.45) is -4.40. The predicted molar refractivity (Wildman–Crippen MR) is 66.2 cm³/mol. The number of rotatable bonds is 4. The molecular formula is C14H11F3O4. The van der Waals surface area contributed by atoms with Crippen LogP contribution < -0.4 is 4.74 Å². The molecule has 0 aliphatic carbocycles. The zero-order valence-corrected chi connectivity index (χ0v) is 10.9. The molecule has 2 aromatic rings. The van der Waals surface area contributed by atoms with Crippen molar-refractivity contribution in [3.05, 3.63) is 53.0 Å². The van der Waals surface area contributed by atoms with Crippen LogP contribution in [0.15, 0.2) is 34.7 Å². The maximum Gasteiger partial charge on any atom is 0.416 e. The number of ether oxygens (including phenoxy) is 1. The van der Waals surface area contributed by atoms with E-state index in [1.807, 2.05) is 0 Å². The van der Waals surface area contributed by atoms with Crippen LogP contribution in [0.3, 0.4) is 0 Å². The van der Waals surface area contributed by atoms with Crippen LogP contribution in [0.1, 0.15) is 27.4 Å². The van der Waals surface area contributed by atoms with E-state index in [4.69, 9.17) is 14.3 Å². The minimum absolute atomic E-state index is 0.0700. The molecule has 0 aliphatic rings. The van der Waals surface area contributed by atoms with Crippen molar-refractivity contribution in [3.63, 3.8) is 0 Å². The first kappa shape index (κ1) is 15.0. The average molecular weight is 300 g/mol. The van der Waals surface area contributed by atoms with Crippen LogP contribution in [0.2, 0.25) is 0 Å². The Hall–Kier alpha value is -2.44. The Morgan fingerprint density at radius 1 is 1.29 bits per heavy atom. The number of benzene rings is 1. The second-order valence-electron chi connectivity index (χ2n) is 4.34.